The predicted octanol–water partition coefficient (Wildman–Crippen LogP) is 1.66. The lowest BCUT2D eigenvalue weighted by Gasteiger charge is -2.08. The van der Waals surface area contributed by atoms with Gasteiger partial charge in [0.25, 0.3) is 5.91 Å². The number of rotatable bonds is 3. The number of nitrogens with one attached hydrogen (secondary N) is 1. The van der Waals surface area contributed by atoms with Crippen molar-refractivity contribution in [2.75, 3.05) is 5.32 Å². The number of hydrogen-bond acceptors (Lipinski definition) is 5. The summed E-state index contributed by atoms with van der Waals surface area (Å²) in [6.45, 7) is 3.50. The van der Waals surface area contributed by atoms with Crippen LogP contribution in [0.3, 0.4) is 0 Å². The normalized spacial score (nSPS) is 11.3. The maximum atomic E-state index is 12.0. The molecule has 0 radical (unpaired) electrons. The molecule has 0 aliphatic heterocycles. The second kappa shape index (κ2) is 5.31. The van der Waals surface area contributed by atoms with E-state index in [0.29, 0.717) is 16.9 Å². The van der Waals surface area contributed by atoms with Crippen LogP contribution in [0.25, 0.3) is 0 Å². The molecule has 106 valence electrons. The van der Waals surface area contributed by atoms with Gasteiger partial charge in [0.15, 0.2) is 0 Å². The van der Waals surface area contributed by atoms with E-state index >= 15 is 0 Å². The molecule has 8 heteroatoms. The highest BCUT2D eigenvalue weighted by atomic mass is 32.2. The molecule has 6 nitrogen and oxygen atoms in total. The Labute approximate surface area is 120 Å². The molecule has 0 saturated heterocycles. The van der Waals surface area contributed by atoms with Crippen LogP contribution in [0.1, 0.15) is 21.1 Å². The van der Waals surface area contributed by atoms with Gasteiger partial charge in [-0.1, -0.05) is 0 Å². The molecular weight excluding hydrogens is 298 g/mol. The highest BCUT2D eigenvalue weighted by molar-refractivity contribution is 7.89. The van der Waals surface area contributed by atoms with Crippen molar-refractivity contribution < 1.29 is 13.2 Å². The van der Waals surface area contributed by atoms with Crippen LogP contribution in [0.15, 0.2) is 28.5 Å². The van der Waals surface area contributed by atoms with Crippen molar-refractivity contribution in [3.05, 3.63) is 39.8 Å². The number of aryl methyl sites for hydroxylation is 2. The zero-order chi connectivity index (χ0) is 14.9. The van der Waals surface area contributed by atoms with Gasteiger partial charge in [0.05, 0.1) is 9.90 Å². The number of nitrogens with zero attached hydrogens (tertiary/aromatic N) is 1. The minimum absolute atomic E-state index is 0.0116. The van der Waals surface area contributed by atoms with E-state index in [1.54, 1.807) is 12.3 Å². The molecule has 2 aromatic rings. The van der Waals surface area contributed by atoms with Gasteiger partial charge in [-0.15, -0.1) is 11.3 Å². The Morgan fingerprint density at radius 2 is 2.05 bits per heavy atom. The molecular formula is C12H13N3O3S2. The van der Waals surface area contributed by atoms with Crippen LogP contribution in [-0.4, -0.2) is 19.3 Å². The molecule has 0 fully saturated rings. The summed E-state index contributed by atoms with van der Waals surface area (Å²) in [6.07, 6.45) is 0. The van der Waals surface area contributed by atoms with Gasteiger partial charge in [0.1, 0.15) is 5.69 Å². The van der Waals surface area contributed by atoms with Gasteiger partial charge in [0, 0.05) is 11.1 Å². The maximum absolute atomic E-state index is 12.0. The van der Waals surface area contributed by atoms with Crippen LogP contribution in [0.5, 0.6) is 0 Å². The van der Waals surface area contributed by atoms with Crippen molar-refractivity contribution in [3.8, 4) is 0 Å². The first-order chi connectivity index (χ1) is 9.27. The number of carbonyl (C=O) groups excluding carboxylic acids is 1. The van der Waals surface area contributed by atoms with Gasteiger partial charge >= 0.3 is 0 Å². The zero-order valence-electron chi connectivity index (χ0n) is 10.9. The number of nitrogens with two attached hydrogens (primary N) is 1. The number of anilines is 1. The van der Waals surface area contributed by atoms with Crippen molar-refractivity contribution in [1.29, 1.82) is 0 Å². The van der Waals surface area contributed by atoms with Crippen molar-refractivity contribution in [2.45, 2.75) is 18.7 Å². The second-order valence-electron chi connectivity index (χ2n) is 4.23. The molecule has 0 bridgehead atoms. The Morgan fingerprint density at radius 3 is 2.55 bits per heavy atom. The molecule has 0 unspecified atom stereocenters. The number of carbonyl (C=O) groups is 1. The van der Waals surface area contributed by atoms with E-state index in [9.17, 15) is 13.2 Å². The van der Waals surface area contributed by atoms with Gasteiger partial charge in [-0.25, -0.2) is 18.5 Å². The fourth-order valence-corrected chi connectivity index (χ4v) is 2.80. The van der Waals surface area contributed by atoms with Crippen LogP contribution in [0.4, 0.5) is 5.69 Å². The third-order valence-corrected chi connectivity index (χ3v) is 4.31. The lowest BCUT2D eigenvalue weighted by Crippen LogP contribution is -2.15. The smallest absolute Gasteiger partial charge is 0.275 e. The standard InChI is InChI=1S/C12H13N3O3S2/c1-7-5-9(20(13,17)18)3-4-10(7)15-12(16)11-6-19-8(2)14-11/h3-6H,1-2H3,(H,15,16)(H2,13,17,18). The molecule has 0 aliphatic rings. The molecule has 20 heavy (non-hydrogen) atoms. The van der Waals surface area contributed by atoms with Gasteiger partial charge in [-0.2, -0.15) is 0 Å². The summed E-state index contributed by atoms with van der Waals surface area (Å²) in [5.74, 6) is -0.333. The second-order valence-corrected chi connectivity index (χ2v) is 6.85. The van der Waals surface area contributed by atoms with E-state index in [4.69, 9.17) is 5.14 Å². The SMILES string of the molecule is Cc1nc(C(=O)Nc2ccc(S(N)(=O)=O)cc2C)cs1. The lowest BCUT2D eigenvalue weighted by atomic mass is 10.2. The average Bonchev–Trinajstić information content (AvgIpc) is 2.77. The van der Waals surface area contributed by atoms with E-state index in [1.165, 1.54) is 29.5 Å². The van der Waals surface area contributed by atoms with E-state index in [-0.39, 0.29) is 10.8 Å². The fourth-order valence-electron chi connectivity index (χ4n) is 1.61. The first-order valence-corrected chi connectivity index (χ1v) is 8.07. The minimum Gasteiger partial charge on any atom is -0.320 e. The summed E-state index contributed by atoms with van der Waals surface area (Å²) in [4.78, 5) is 16.0. The number of hydrogen-bond donors (Lipinski definition) is 2. The summed E-state index contributed by atoms with van der Waals surface area (Å²) in [5, 5.41) is 10.2. The Bertz CT molecular complexity index is 766. The molecule has 1 aromatic heterocycles. The van der Waals surface area contributed by atoms with E-state index < -0.39 is 10.0 Å². The molecule has 0 atom stereocenters. The van der Waals surface area contributed by atoms with Crippen molar-refractivity contribution >= 4 is 33.0 Å². The molecule has 1 amide bonds. The van der Waals surface area contributed by atoms with Gasteiger partial charge in [-0.05, 0) is 37.6 Å². The van der Waals surface area contributed by atoms with Crippen molar-refractivity contribution in [1.82, 2.24) is 4.98 Å². The number of amides is 1. The fraction of sp³-hybridized carbons (Fsp3) is 0.167. The first-order valence-electron chi connectivity index (χ1n) is 5.64. The molecule has 1 aromatic carbocycles. The molecule has 0 saturated carbocycles. The number of sulfonamides is 1. The average molecular weight is 311 g/mol. The monoisotopic (exact) mass is 311 g/mol. The third kappa shape index (κ3) is 3.21. The summed E-state index contributed by atoms with van der Waals surface area (Å²) in [5.41, 5.74) is 1.47. The van der Waals surface area contributed by atoms with Gasteiger partial charge in [0.2, 0.25) is 10.0 Å². The first kappa shape index (κ1) is 14.6. The summed E-state index contributed by atoms with van der Waals surface area (Å²) in [7, 11) is -3.74. The molecule has 1 heterocycles. The molecule has 0 spiro atoms. The minimum atomic E-state index is -3.74. The number of benzene rings is 1. The van der Waals surface area contributed by atoms with Crippen LogP contribution in [0, 0.1) is 13.8 Å². The van der Waals surface area contributed by atoms with Gasteiger partial charge < -0.3 is 5.32 Å². The molecule has 3 N–H and O–H groups in total. The summed E-state index contributed by atoms with van der Waals surface area (Å²) >= 11 is 1.39. The highest BCUT2D eigenvalue weighted by Crippen LogP contribution is 2.20. The zero-order valence-corrected chi connectivity index (χ0v) is 12.5. The largest absolute Gasteiger partial charge is 0.320 e. The molecule has 0 aliphatic carbocycles. The number of thiazole rings is 1. The lowest BCUT2D eigenvalue weighted by molar-refractivity contribution is 0.102. The number of aromatic nitrogens is 1. The Kier molecular flexibility index (Phi) is 3.89. The van der Waals surface area contributed by atoms with Gasteiger partial charge in [-0.3, -0.25) is 4.79 Å². The molecule has 2 rings (SSSR count). The van der Waals surface area contributed by atoms with E-state index in [1.807, 2.05) is 6.92 Å². The predicted molar refractivity (Wildman–Crippen MR) is 77.4 cm³/mol. The maximum Gasteiger partial charge on any atom is 0.275 e. The quantitative estimate of drug-likeness (QED) is 0.899. The van der Waals surface area contributed by atoms with Crippen LogP contribution < -0.4 is 10.5 Å². The van der Waals surface area contributed by atoms with E-state index in [2.05, 4.69) is 10.3 Å². The summed E-state index contributed by atoms with van der Waals surface area (Å²) < 4.78 is 22.4. The number of primary sulfonamides is 1. The topological polar surface area (TPSA) is 102 Å². The van der Waals surface area contributed by atoms with Crippen LogP contribution in [0.2, 0.25) is 0 Å². The van der Waals surface area contributed by atoms with Crippen LogP contribution >= 0.6 is 11.3 Å². The Morgan fingerprint density at radius 1 is 1.35 bits per heavy atom. The van der Waals surface area contributed by atoms with E-state index in [0.717, 1.165) is 5.01 Å². The van der Waals surface area contributed by atoms with Crippen molar-refractivity contribution in [2.24, 2.45) is 5.14 Å². The highest BCUT2D eigenvalue weighted by Gasteiger charge is 2.13. The Balaban J connectivity index is 2.25. The van der Waals surface area contributed by atoms with Crippen molar-refractivity contribution in [3.63, 3.8) is 0 Å². The summed E-state index contributed by atoms with van der Waals surface area (Å²) in [6, 6.07) is 4.27. The third-order valence-electron chi connectivity index (χ3n) is 2.63. The van der Waals surface area contributed by atoms with Crippen LogP contribution in [-0.2, 0) is 10.0 Å². The Hall–Kier alpha value is -1.77.